The lowest BCUT2D eigenvalue weighted by atomic mass is 9.77. The first-order valence-corrected chi connectivity index (χ1v) is 10.4. The molecule has 1 fully saturated rings. The van der Waals surface area contributed by atoms with Gasteiger partial charge in [0.1, 0.15) is 11.3 Å². The number of amides is 1. The average Bonchev–Trinajstić information content (AvgIpc) is 2.71. The van der Waals surface area contributed by atoms with Gasteiger partial charge in [0.05, 0.1) is 6.10 Å². The second-order valence-corrected chi connectivity index (χ2v) is 7.97. The number of carbonyl (C=O) groups is 1. The van der Waals surface area contributed by atoms with E-state index in [1.807, 2.05) is 6.92 Å². The minimum absolute atomic E-state index is 0.0438. The topological polar surface area (TPSA) is 51.2 Å². The summed E-state index contributed by atoms with van der Waals surface area (Å²) in [5.41, 5.74) is -0.168. The number of nitrogens with zero attached hydrogens (tertiary/aromatic N) is 1. The maximum atomic E-state index is 13.1. The number of nitrogens with one attached hydrogen (secondary N) is 1. The predicted molar refractivity (Wildman–Crippen MR) is 109 cm³/mol. The van der Waals surface area contributed by atoms with Gasteiger partial charge in [-0.3, -0.25) is 9.78 Å². The molecular formula is C22H24ClF3N2O2. The maximum absolute atomic E-state index is 13.1. The smallest absolute Gasteiger partial charge is 0.421 e. The van der Waals surface area contributed by atoms with Gasteiger partial charge in [-0.25, -0.2) is 0 Å². The summed E-state index contributed by atoms with van der Waals surface area (Å²) in [7, 11) is 0. The van der Waals surface area contributed by atoms with Crippen molar-refractivity contribution in [2.24, 2.45) is 11.8 Å². The second-order valence-electron chi connectivity index (χ2n) is 7.54. The highest BCUT2D eigenvalue weighted by Gasteiger charge is 2.36. The van der Waals surface area contributed by atoms with Crippen LogP contribution >= 0.6 is 11.6 Å². The molecule has 162 valence electrons. The lowest BCUT2D eigenvalue weighted by Gasteiger charge is -2.33. The monoisotopic (exact) mass is 440 g/mol. The largest absolute Gasteiger partial charge is 0.490 e. The average molecular weight is 441 g/mol. The Balaban J connectivity index is 1.57. The quantitative estimate of drug-likeness (QED) is 0.568. The fourth-order valence-electron chi connectivity index (χ4n) is 3.99. The van der Waals surface area contributed by atoms with E-state index in [2.05, 4.69) is 10.3 Å². The fourth-order valence-corrected chi connectivity index (χ4v) is 4.11. The first-order valence-electron chi connectivity index (χ1n) is 10.0. The van der Waals surface area contributed by atoms with Crippen LogP contribution in [0.3, 0.4) is 0 Å². The van der Waals surface area contributed by atoms with E-state index < -0.39 is 11.7 Å². The van der Waals surface area contributed by atoms with Crippen LogP contribution in [0.25, 0.3) is 0 Å². The number of carbonyl (C=O) groups excluding carboxylic acids is 1. The number of rotatable bonds is 6. The Labute approximate surface area is 178 Å². The number of pyridine rings is 1. The molecule has 1 atom stereocenters. The third-order valence-corrected chi connectivity index (χ3v) is 5.81. The van der Waals surface area contributed by atoms with Crippen molar-refractivity contribution in [3.05, 3.63) is 53.3 Å². The molecule has 2 aromatic rings. The number of aromatic nitrogens is 1. The van der Waals surface area contributed by atoms with Crippen molar-refractivity contribution in [3.8, 4) is 5.75 Å². The van der Waals surface area contributed by atoms with E-state index in [1.54, 1.807) is 24.3 Å². The third kappa shape index (κ3) is 5.65. The molecule has 1 N–H and O–H groups in total. The molecule has 1 amide bonds. The van der Waals surface area contributed by atoms with Crippen molar-refractivity contribution >= 4 is 23.2 Å². The van der Waals surface area contributed by atoms with E-state index in [0.29, 0.717) is 30.0 Å². The molecule has 1 unspecified atom stereocenters. The lowest BCUT2D eigenvalue weighted by molar-refractivity contribution is -0.139. The number of alkyl halides is 3. The predicted octanol–water partition coefficient (Wildman–Crippen LogP) is 6.36. The molecule has 1 aliphatic rings. The van der Waals surface area contributed by atoms with Crippen LogP contribution in [-0.4, -0.2) is 17.0 Å². The first kappa shape index (κ1) is 22.4. The summed E-state index contributed by atoms with van der Waals surface area (Å²) in [5, 5.41) is 3.53. The molecule has 3 rings (SSSR count). The molecule has 1 aromatic heterocycles. The van der Waals surface area contributed by atoms with Crippen molar-refractivity contribution in [2.75, 3.05) is 5.32 Å². The SMILES string of the molecule is CCC(C(=O)Nc1ccc(Cl)cc1)[C@H]1CC[C@H](Oc2ccncc2C(F)(F)F)CC1. The summed E-state index contributed by atoms with van der Waals surface area (Å²) in [4.78, 5) is 16.3. The van der Waals surface area contributed by atoms with Crippen molar-refractivity contribution in [1.82, 2.24) is 4.98 Å². The molecular weight excluding hydrogens is 417 g/mol. The van der Waals surface area contributed by atoms with Crippen molar-refractivity contribution in [3.63, 3.8) is 0 Å². The van der Waals surface area contributed by atoms with E-state index in [4.69, 9.17) is 16.3 Å². The van der Waals surface area contributed by atoms with Crippen LogP contribution in [0.5, 0.6) is 5.75 Å². The zero-order valence-electron chi connectivity index (χ0n) is 16.6. The van der Waals surface area contributed by atoms with Crippen molar-refractivity contribution in [1.29, 1.82) is 0 Å². The van der Waals surface area contributed by atoms with Crippen LogP contribution in [0, 0.1) is 11.8 Å². The van der Waals surface area contributed by atoms with Gasteiger partial charge >= 0.3 is 6.18 Å². The van der Waals surface area contributed by atoms with Gasteiger partial charge in [-0.05, 0) is 68.4 Å². The molecule has 1 heterocycles. The molecule has 0 spiro atoms. The van der Waals surface area contributed by atoms with Crippen LogP contribution in [0.15, 0.2) is 42.7 Å². The summed E-state index contributed by atoms with van der Waals surface area (Å²) >= 11 is 5.88. The minimum Gasteiger partial charge on any atom is -0.490 e. The first-order chi connectivity index (χ1) is 14.3. The molecule has 0 bridgehead atoms. The van der Waals surface area contributed by atoms with Gasteiger partial charge in [0.15, 0.2) is 0 Å². The number of hydrogen-bond acceptors (Lipinski definition) is 3. The van der Waals surface area contributed by atoms with E-state index in [-0.39, 0.29) is 29.6 Å². The number of hydrogen-bond donors (Lipinski definition) is 1. The van der Waals surface area contributed by atoms with E-state index in [9.17, 15) is 18.0 Å². The zero-order valence-corrected chi connectivity index (χ0v) is 17.3. The maximum Gasteiger partial charge on any atom is 0.421 e. The van der Waals surface area contributed by atoms with E-state index >= 15 is 0 Å². The Morgan fingerprint density at radius 1 is 1.20 bits per heavy atom. The van der Waals surface area contributed by atoms with Crippen molar-refractivity contribution < 1.29 is 22.7 Å². The van der Waals surface area contributed by atoms with Crippen LogP contribution in [0.1, 0.15) is 44.6 Å². The Morgan fingerprint density at radius 2 is 1.87 bits per heavy atom. The highest BCUT2D eigenvalue weighted by Crippen LogP contribution is 2.38. The Bertz CT molecular complexity index is 850. The lowest BCUT2D eigenvalue weighted by Crippen LogP contribution is -2.34. The molecule has 8 heteroatoms. The third-order valence-electron chi connectivity index (χ3n) is 5.56. The van der Waals surface area contributed by atoms with Crippen LogP contribution in [-0.2, 0) is 11.0 Å². The van der Waals surface area contributed by atoms with Crippen LogP contribution in [0.2, 0.25) is 5.02 Å². The summed E-state index contributed by atoms with van der Waals surface area (Å²) in [6.45, 7) is 1.97. The van der Waals surface area contributed by atoms with Crippen LogP contribution < -0.4 is 10.1 Å². The van der Waals surface area contributed by atoms with Gasteiger partial charge in [-0.2, -0.15) is 13.2 Å². The van der Waals surface area contributed by atoms with Crippen LogP contribution in [0.4, 0.5) is 18.9 Å². The van der Waals surface area contributed by atoms with E-state index in [1.165, 1.54) is 12.3 Å². The molecule has 1 aliphatic carbocycles. The molecule has 0 saturated heterocycles. The number of anilines is 1. The molecule has 1 aromatic carbocycles. The van der Waals surface area contributed by atoms with Gasteiger partial charge < -0.3 is 10.1 Å². The van der Waals surface area contributed by atoms with E-state index in [0.717, 1.165) is 19.0 Å². The summed E-state index contributed by atoms with van der Waals surface area (Å²) < 4.78 is 45.1. The number of ether oxygens (including phenoxy) is 1. The molecule has 1 saturated carbocycles. The zero-order chi connectivity index (χ0) is 21.7. The van der Waals surface area contributed by atoms with Gasteiger partial charge in [0, 0.05) is 29.0 Å². The van der Waals surface area contributed by atoms with Gasteiger partial charge in [-0.1, -0.05) is 18.5 Å². The summed E-state index contributed by atoms with van der Waals surface area (Å²) in [6, 6.07) is 8.20. The molecule has 0 radical (unpaired) electrons. The highest BCUT2D eigenvalue weighted by molar-refractivity contribution is 6.30. The second kappa shape index (κ2) is 9.69. The molecule has 4 nitrogen and oxygen atoms in total. The number of benzene rings is 1. The standard InChI is InChI=1S/C22H24ClF3N2O2/c1-2-18(21(29)28-16-7-5-15(23)6-8-16)14-3-9-17(10-4-14)30-20-11-12-27-13-19(20)22(24,25)26/h5-8,11-14,17-18H,2-4,9-10H2,1H3,(H,28,29)/t14-,17-,18?. The van der Waals surface area contributed by atoms with Gasteiger partial charge in [0.25, 0.3) is 0 Å². The summed E-state index contributed by atoms with van der Waals surface area (Å²) in [5.74, 6) is -0.221. The normalized spacial score (nSPS) is 20.4. The highest BCUT2D eigenvalue weighted by atomic mass is 35.5. The fraction of sp³-hybridized carbons (Fsp3) is 0.455. The van der Waals surface area contributed by atoms with Gasteiger partial charge in [-0.15, -0.1) is 0 Å². The summed E-state index contributed by atoms with van der Waals surface area (Å²) in [6.07, 6.45) is 0.629. The molecule has 30 heavy (non-hydrogen) atoms. The Morgan fingerprint density at radius 3 is 2.47 bits per heavy atom. The molecule has 0 aliphatic heterocycles. The minimum atomic E-state index is -4.51. The number of halogens is 4. The Hall–Kier alpha value is -2.28. The van der Waals surface area contributed by atoms with Crippen molar-refractivity contribution in [2.45, 2.75) is 51.3 Å². The van der Waals surface area contributed by atoms with Gasteiger partial charge in [0.2, 0.25) is 5.91 Å². The Kier molecular flexibility index (Phi) is 7.23.